The van der Waals surface area contributed by atoms with E-state index in [0.717, 1.165) is 28.3 Å². The minimum atomic E-state index is -3.34. The monoisotopic (exact) mass is 425 g/mol. The van der Waals surface area contributed by atoms with Crippen LogP contribution in [0.15, 0.2) is 48.5 Å². The van der Waals surface area contributed by atoms with Crippen molar-refractivity contribution >= 4 is 32.5 Å². The van der Waals surface area contributed by atoms with Crippen molar-refractivity contribution in [3.05, 3.63) is 70.9 Å². The van der Waals surface area contributed by atoms with Gasteiger partial charge in [0.1, 0.15) is 5.69 Å². The Morgan fingerprint density at radius 2 is 1.67 bits per heavy atom. The highest BCUT2D eigenvalue weighted by Gasteiger charge is 2.15. The summed E-state index contributed by atoms with van der Waals surface area (Å²) in [5, 5.41) is 3.97. The number of nitrogens with one attached hydrogen (secondary N) is 2. The molecule has 0 aliphatic heterocycles. The van der Waals surface area contributed by atoms with Crippen LogP contribution in [0.5, 0.6) is 0 Å². The standard InChI is InChI=1S/C23H27N3O3S/c1-14(2)17-6-10-21-19(13-17)8-11-22(25-21)23(27)24-16(4)18-7-9-20(15(3)12-18)26-30(5,28)29/h6-14,16,26H,1-5H3,(H,24,27)/t16-/m1/s1. The fraction of sp³-hybridized carbons (Fsp3) is 0.304. The maximum Gasteiger partial charge on any atom is 0.270 e. The number of aryl methyl sites for hydroxylation is 1. The van der Waals surface area contributed by atoms with E-state index in [-0.39, 0.29) is 11.9 Å². The molecule has 1 amide bonds. The second-order valence-corrected chi connectivity index (χ2v) is 9.70. The van der Waals surface area contributed by atoms with E-state index in [9.17, 15) is 13.2 Å². The summed E-state index contributed by atoms with van der Waals surface area (Å²) < 4.78 is 25.4. The molecule has 0 radical (unpaired) electrons. The molecule has 3 rings (SSSR count). The first-order valence-electron chi connectivity index (χ1n) is 9.83. The number of carbonyl (C=O) groups is 1. The number of aromatic nitrogens is 1. The van der Waals surface area contributed by atoms with Crippen LogP contribution in [0.3, 0.4) is 0 Å². The molecule has 2 aromatic carbocycles. The van der Waals surface area contributed by atoms with Gasteiger partial charge in [-0.1, -0.05) is 38.1 Å². The van der Waals surface area contributed by atoms with E-state index in [1.54, 1.807) is 18.2 Å². The molecule has 1 atom stereocenters. The molecule has 3 aromatic rings. The molecule has 0 spiro atoms. The highest BCUT2D eigenvalue weighted by Crippen LogP contribution is 2.23. The molecular formula is C23H27N3O3S. The molecule has 0 bridgehead atoms. The molecule has 1 heterocycles. The second-order valence-electron chi connectivity index (χ2n) is 7.95. The first kappa shape index (κ1) is 21.8. The largest absolute Gasteiger partial charge is 0.344 e. The van der Waals surface area contributed by atoms with E-state index >= 15 is 0 Å². The van der Waals surface area contributed by atoms with Crippen molar-refractivity contribution in [2.45, 2.75) is 39.7 Å². The average Bonchev–Trinajstić information content (AvgIpc) is 2.67. The topological polar surface area (TPSA) is 88.2 Å². The fourth-order valence-corrected chi connectivity index (χ4v) is 3.88. The number of rotatable bonds is 6. The van der Waals surface area contributed by atoms with Gasteiger partial charge in [-0.2, -0.15) is 0 Å². The summed E-state index contributed by atoms with van der Waals surface area (Å²) in [5.74, 6) is 0.175. The van der Waals surface area contributed by atoms with Gasteiger partial charge in [0.05, 0.1) is 23.5 Å². The van der Waals surface area contributed by atoms with Gasteiger partial charge >= 0.3 is 0 Å². The van der Waals surface area contributed by atoms with Crippen molar-refractivity contribution in [2.24, 2.45) is 0 Å². The van der Waals surface area contributed by atoms with E-state index in [1.807, 2.05) is 38.1 Å². The lowest BCUT2D eigenvalue weighted by Gasteiger charge is -2.16. The number of hydrogen-bond donors (Lipinski definition) is 2. The van der Waals surface area contributed by atoms with Crippen LogP contribution in [-0.4, -0.2) is 25.6 Å². The summed E-state index contributed by atoms with van der Waals surface area (Å²) in [5.41, 5.74) is 4.56. The van der Waals surface area contributed by atoms with E-state index in [1.165, 1.54) is 5.56 Å². The van der Waals surface area contributed by atoms with Crippen LogP contribution < -0.4 is 10.0 Å². The summed E-state index contributed by atoms with van der Waals surface area (Å²) in [7, 11) is -3.34. The predicted molar refractivity (Wildman–Crippen MR) is 121 cm³/mol. The third kappa shape index (κ3) is 5.16. The van der Waals surface area contributed by atoms with Crippen molar-refractivity contribution in [3.8, 4) is 0 Å². The number of sulfonamides is 1. The van der Waals surface area contributed by atoms with Gasteiger partial charge in [-0.15, -0.1) is 0 Å². The highest BCUT2D eigenvalue weighted by molar-refractivity contribution is 7.92. The Kier molecular flexibility index (Phi) is 6.12. The van der Waals surface area contributed by atoms with Crippen LogP contribution in [0, 0.1) is 6.92 Å². The quantitative estimate of drug-likeness (QED) is 0.607. The van der Waals surface area contributed by atoms with Crippen LogP contribution in [-0.2, 0) is 10.0 Å². The maximum absolute atomic E-state index is 12.7. The predicted octanol–water partition coefficient (Wildman–Crippen LogP) is 4.53. The molecule has 1 aromatic heterocycles. The van der Waals surface area contributed by atoms with Crippen molar-refractivity contribution in [2.75, 3.05) is 11.0 Å². The Bertz CT molecular complexity index is 1200. The molecule has 0 fully saturated rings. The Labute approximate surface area is 177 Å². The molecular weight excluding hydrogens is 398 g/mol. The van der Waals surface area contributed by atoms with Crippen LogP contribution in [0.2, 0.25) is 0 Å². The van der Waals surface area contributed by atoms with Gasteiger partial charge in [0.25, 0.3) is 5.91 Å². The van der Waals surface area contributed by atoms with E-state index in [0.29, 0.717) is 17.3 Å². The van der Waals surface area contributed by atoms with Crippen molar-refractivity contribution < 1.29 is 13.2 Å². The third-order valence-corrected chi connectivity index (χ3v) is 5.60. The highest BCUT2D eigenvalue weighted by atomic mass is 32.2. The molecule has 0 saturated heterocycles. The normalized spacial score (nSPS) is 12.7. The number of amides is 1. The first-order valence-corrected chi connectivity index (χ1v) is 11.7. The average molecular weight is 426 g/mol. The Balaban J connectivity index is 1.76. The zero-order chi connectivity index (χ0) is 22.1. The van der Waals surface area contributed by atoms with Gasteiger partial charge in [-0.25, -0.2) is 13.4 Å². The molecule has 0 aliphatic rings. The number of carbonyl (C=O) groups excluding carboxylic acids is 1. The Hall–Kier alpha value is -2.93. The van der Waals surface area contributed by atoms with Gasteiger partial charge in [0, 0.05) is 5.39 Å². The van der Waals surface area contributed by atoms with Crippen molar-refractivity contribution in [3.63, 3.8) is 0 Å². The molecule has 30 heavy (non-hydrogen) atoms. The van der Waals surface area contributed by atoms with Gasteiger partial charge in [0.2, 0.25) is 10.0 Å². The molecule has 7 heteroatoms. The van der Waals surface area contributed by atoms with Gasteiger partial charge < -0.3 is 5.32 Å². The lowest BCUT2D eigenvalue weighted by Crippen LogP contribution is -2.27. The third-order valence-electron chi connectivity index (χ3n) is 5.01. The lowest BCUT2D eigenvalue weighted by atomic mass is 10.0. The van der Waals surface area contributed by atoms with Crippen LogP contribution in [0.1, 0.15) is 59.9 Å². The number of pyridine rings is 1. The summed E-state index contributed by atoms with van der Waals surface area (Å²) in [6.45, 7) is 7.99. The number of nitrogens with zero attached hydrogens (tertiary/aromatic N) is 1. The molecule has 2 N–H and O–H groups in total. The Morgan fingerprint density at radius 1 is 0.967 bits per heavy atom. The fourth-order valence-electron chi connectivity index (χ4n) is 3.25. The summed E-state index contributed by atoms with van der Waals surface area (Å²) in [6.07, 6.45) is 1.11. The van der Waals surface area contributed by atoms with Gasteiger partial charge in [-0.3, -0.25) is 9.52 Å². The second kappa shape index (κ2) is 8.44. The van der Waals surface area contributed by atoms with Crippen LogP contribution >= 0.6 is 0 Å². The van der Waals surface area contributed by atoms with Crippen LogP contribution in [0.25, 0.3) is 10.9 Å². The Morgan fingerprint density at radius 3 is 2.30 bits per heavy atom. The van der Waals surface area contributed by atoms with Gasteiger partial charge in [0.15, 0.2) is 0 Å². The van der Waals surface area contributed by atoms with Gasteiger partial charge in [-0.05, 0) is 60.7 Å². The molecule has 6 nitrogen and oxygen atoms in total. The number of benzene rings is 2. The zero-order valence-corrected chi connectivity index (χ0v) is 18.7. The molecule has 0 unspecified atom stereocenters. The summed E-state index contributed by atoms with van der Waals surface area (Å²) in [6, 6.07) is 14.8. The first-order chi connectivity index (χ1) is 14.0. The van der Waals surface area contributed by atoms with E-state index in [2.05, 4.69) is 34.9 Å². The maximum atomic E-state index is 12.7. The number of anilines is 1. The minimum absolute atomic E-state index is 0.256. The van der Waals surface area contributed by atoms with E-state index < -0.39 is 10.0 Å². The smallest absolute Gasteiger partial charge is 0.270 e. The van der Waals surface area contributed by atoms with E-state index in [4.69, 9.17) is 0 Å². The zero-order valence-electron chi connectivity index (χ0n) is 17.9. The molecule has 158 valence electrons. The number of hydrogen-bond acceptors (Lipinski definition) is 4. The van der Waals surface area contributed by atoms with Crippen molar-refractivity contribution in [1.82, 2.24) is 10.3 Å². The van der Waals surface area contributed by atoms with Crippen LogP contribution in [0.4, 0.5) is 5.69 Å². The minimum Gasteiger partial charge on any atom is -0.344 e. The summed E-state index contributed by atoms with van der Waals surface area (Å²) in [4.78, 5) is 17.2. The van der Waals surface area contributed by atoms with Crippen molar-refractivity contribution in [1.29, 1.82) is 0 Å². The molecule has 0 saturated carbocycles. The lowest BCUT2D eigenvalue weighted by molar-refractivity contribution is 0.0935. The SMILES string of the molecule is Cc1cc([C@@H](C)NC(=O)c2ccc3cc(C(C)C)ccc3n2)ccc1NS(C)(=O)=O. The summed E-state index contributed by atoms with van der Waals surface area (Å²) >= 11 is 0. The molecule has 0 aliphatic carbocycles. The number of fused-ring (bicyclic) bond motifs is 1.